The fourth-order valence-electron chi connectivity index (χ4n) is 5.37. The molecule has 2 aromatic carbocycles. The van der Waals surface area contributed by atoms with Gasteiger partial charge >= 0.3 is 0 Å². The van der Waals surface area contributed by atoms with Gasteiger partial charge in [0.2, 0.25) is 5.91 Å². The standard InChI is InChI=1S/C28H32N8O/c1-20-10-7-8-18-34(20)19-17-29-25(37)16-9-15-24-31-32-28-35(24)23-14-6-5-13-22(23)27-30-26(33-36(27)28)21-11-3-2-4-12-21/h2-6,11-14,20H,7-10,15-19H2,1H3,(H,29,37). The Hall–Kier alpha value is -3.85. The van der Waals surface area contributed by atoms with E-state index in [0.717, 1.165) is 41.0 Å². The number of carbonyl (C=O) groups is 1. The first-order chi connectivity index (χ1) is 18.2. The van der Waals surface area contributed by atoms with E-state index in [-0.39, 0.29) is 5.91 Å². The molecule has 6 rings (SSSR count). The van der Waals surface area contributed by atoms with Crippen LogP contribution in [0, 0.1) is 0 Å². The molecule has 1 amide bonds. The Labute approximate surface area is 215 Å². The number of aromatic nitrogens is 6. The topological polar surface area (TPSA) is 92.7 Å². The molecule has 1 unspecified atom stereocenters. The molecular formula is C28H32N8O. The number of hydrogen-bond acceptors (Lipinski definition) is 6. The molecule has 0 saturated carbocycles. The number of para-hydroxylation sites is 1. The van der Waals surface area contributed by atoms with Crippen LogP contribution in [0.2, 0.25) is 0 Å². The van der Waals surface area contributed by atoms with Crippen LogP contribution >= 0.6 is 0 Å². The van der Waals surface area contributed by atoms with Crippen molar-refractivity contribution >= 4 is 28.2 Å². The lowest BCUT2D eigenvalue weighted by Crippen LogP contribution is -2.42. The Bertz CT molecular complexity index is 1540. The third-order valence-corrected chi connectivity index (χ3v) is 7.39. The number of nitrogens with one attached hydrogen (secondary N) is 1. The maximum atomic E-state index is 12.5. The molecule has 0 bridgehead atoms. The molecular weight excluding hydrogens is 464 g/mol. The van der Waals surface area contributed by atoms with Crippen molar-refractivity contribution in [1.82, 2.24) is 39.4 Å². The monoisotopic (exact) mass is 496 g/mol. The Morgan fingerprint density at radius 3 is 2.76 bits per heavy atom. The van der Waals surface area contributed by atoms with E-state index >= 15 is 0 Å². The van der Waals surface area contributed by atoms with Crippen LogP contribution < -0.4 is 5.32 Å². The molecule has 9 heteroatoms. The minimum absolute atomic E-state index is 0.0921. The second-order valence-corrected chi connectivity index (χ2v) is 9.89. The summed E-state index contributed by atoms with van der Waals surface area (Å²) in [6.45, 7) is 5.04. The zero-order valence-electron chi connectivity index (χ0n) is 21.2. The van der Waals surface area contributed by atoms with Crippen molar-refractivity contribution in [1.29, 1.82) is 0 Å². The predicted molar refractivity (Wildman–Crippen MR) is 143 cm³/mol. The third-order valence-electron chi connectivity index (χ3n) is 7.39. The van der Waals surface area contributed by atoms with Gasteiger partial charge in [-0.3, -0.25) is 14.1 Å². The highest BCUT2D eigenvalue weighted by Crippen LogP contribution is 2.25. The van der Waals surface area contributed by atoms with Gasteiger partial charge in [-0.25, -0.2) is 4.98 Å². The van der Waals surface area contributed by atoms with Crippen LogP contribution in [0.15, 0.2) is 54.6 Å². The molecule has 9 nitrogen and oxygen atoms in total. The highest BCUT2D eigenvalue weighted by Gasteiger charge is 2.19. The molecule has 190 valence electrons. The second-order valence-electron chi connectivity index (χ2n) is 9.89. The van der Waals surface area contributed by atoms with Crippen LogP contribution in [0.1, 0.15) is 44.9 Å². The maximum Gasteiger partial charge on any atom is 0.258 e. The summed E-state index contributed by atoms with van der Waals surface area (Å²) in [5, 5.41) is 17.8. The van der Waals surface area contributed by atoms with E-state index in [1.54, 1.807) is 4.52 Å². The van der Waals surface area contributed by atoms with Gasteiger partial charge in [0.15, 0.2) is 11.5 Å². The highest BCUT2D eigenvalue weighted by atomic mass is 16.1. The van der Waals surface area contributed by atoms with Gasteiger partial charge in [-0.15, -0.1) is 15.3 Å². The Balaban J connectivity index is 1.19. The average molecular weight is 497 g/mol. The number of carbonyl (C=O) groups excluding carboxylic acids is 1. The van der Waals surface area contributed by atoms with Crippen molar-refractivity contribution in [2.75, 3.05) is 19.6 Å². The lowest BCUT2D eigenvalue weighted by Gasteiger charge is -2.33. The van der Waals surface area contributed by atoms with Crippen molar-refractivity contribution in [3.05, 3.63) is 60.4 Å². The summed E-state index contributed by atoms with van der Waals surface area (Å²) in [7, 11) is 0. The molecule has 1 atom stereocenters. The quantitative estimate of drug-likeness (QED) is 0.350. The molecule has 5 aromatic rings. The zero-order chi connectivity index (χ0) is 25.2. The van der Waals surface area contributed by atoms with Gasteiger partial charge in [0, 0.05) is 42.9 Å². The fraction of sp³-hybridized carbons (Fsp3) is 0.393. The van der Waals surface area contributed by atoms with E-state index in [2.05, 4.69) is 33.4 Å². The summed E-state index contributed by atoms with van der Waals surface area (Å²) in [6.07, 6.45) is 5.63. The highest BCUT2D eigenvalue weighted by molar-refractivity contribution is 5.94. The molecule has 1 aliphatic rings. The van der Waals surface area contributed by atoms with Gasteiger partial charge in [0.25, 0.3) is 5.78 Å². The van der Waals surface area contributed by atoms with Gasteiger partial charge in [-0.2, -0.15) is 4.52 Å². The molecule has 3 aromatic heterocycles. The number of aryl methyl sites for hydroxylation is 1. The normalized spacial score (nSPS) is 16.6. The van der Waals surface area contributed by atoms with E-state index in [0.29, 0.717) is 43.5 Å². The van der Waals surface area contributed by atoms with Crippen LogP contribution in [-0.2, 0) is 11.2 Å². The summed E-state index contributed by atoms with van der Waals surface area (Å²) in [5.41, 5.74) is 2.69. The lowest BCUT2D eigenvalue weighted by molar-refractivity contribution is -0.121. The van der Waals surface area contributed by atoms with Crippen LogP contribution in [0.3, 0.4) is 0 Å². The second kappa shape index (κ2) is 10.3. The minimum Gasteiger partial charge on any atom is -0.355 e. The van der Waals surface area contributed by atoms with E-state index < -0.39 is 0 Å². The number of likely N-dealkylation sites (tertiary alicyclic amines) is 1. The Kier molecular flexibility index (Phi) is 6.53. The van der Waals surface area contributed by atoms with E-state index in [4.69, 9.17) is 10.1 Å². The molecule has 1 saturated heterocycles. The van der Waals surface area contributed by atoms with Crippen LogP contribution in [0.5, 0.6) is 0 Å². The molecule has 0 spiro atoms. The number of nitrogens with zero attached hydrogens (tertiary/aromatic N) is 7. The zero-order valence-corrected chi connectivity index (χ0v) is 21.2. The summed E-state index contributed by atoms with van der Waals surface area (Å²) >= 11 is 0. The molecule has 37 heavy (non-hydrogen) atoms. The van der Waals surface area contributed by atoms with Gasteiger partial charge < -0.3 is 5.32 Å². The number of rotatable bonds is 8. The first-order valence-corrected chi connectivity index (χ1v) is 13.3. The van der Waals surface area contributed by atoms with E-state index in [9.17, 15) is 4.79 Å². The van der Waals surface area contributed by atoms with Gasteiger partial charge in [-0.05, 0) is 44.9 Å². The number of piperidine rings is 1. The van der Waals surface area contributed by atoms with Crippen LogP contribution in [0.4, 0.5) is 0 Å². The smallest absolute Gasteiger partial charge is 0.258 e. The van der Waals surface area contributed by atoms with Crippen LogP contribution in [-0.4, -0.2) is 65.7 Å². The summed E-state index contributed by atoms with van der Waals surface area (Å²) < 4.78 is 3.82. The van der Waals surface area contributed by atoms with Crippen molar-refractivity contribution in [3.8, 4) is 11.4 Å². The van der Waals surface area contributed by atoms with E-state index in [1.807, 2.05) is 52.9 Å². The summed E-state index contributed by atoms with van der Waals surface area (Å²) in [6, 6.07) is 18.7. The molecule has 1 aliphatic heterocycles. The number of hydrogen-bond donors (Lipinski definition) is 1. The molecule has 0 aliphatic carbocycles. The number of amides is 1. The van der Waals surface area contributed by atoms with Crippen molar-refractivity contribution in [2.24, 2.45) is 0 Å². The van der Waals surface area contributed by atoms with Crippen molar-refractivity contribution in [3.63, 3.8) is 0 Å². The molecule has 4 heterocycles. The van der Waals surface area contributed by atoms with E-state index in [1.165, 1.54) is 19.3 Å². The first kappa shape index (κ1) is 23.5. The molecule has 1 fully saturated rings. The van der Waals surface area contributed by atoms with Gasteiger partial charge in [-0.1, -0.05) is 48.9 Å². The van der Waals surface area contributed by atoms with Crippen molar-refractivity contribution in [2.45, 2.75) is 51.5 Å². The molecule has 0 radical (unpaired) electrons. The summed E-state index contributed by atoms with van der Waals surface area (Å²) in [5.74, 6) is 2.19. The SMILES string of the molecule is CC1CCCCN1CCNC(=O)CCCc1nnc2n3nc(-c4ccccc4)nc3c3ccccc3n12. The maximum absolute atomic E-state index is 12.5. The lowest BCUT2D eigenvalue weighted by atomic mass is 10.0. The fourth-order valence-corrected chi connectivity index (χ4v) is 5.37. The summed E-state index contributed by atoms with van der Waals surface area (Å²) in [4.78, 5) is 19.8. The van der Waals surface area contributed by atoms with Crippen LogP contribution in [0.25, 0.3) is 33.7 Å². The third kappa shape index (κ3) is 4.67. The minimum atomic E-state index is 0.0921. The Morgan fingerprint density at radius 2 is 1.89 bits per heavy atom. The number of benzene rings is 2. The van der Waals surface area contributed by atoms with Gasteiger partial charge in [0.1, 0.15) is 5.82 Å². The predicted octanol–water partition coefficient (Wildman–Crippen LogP) is 3.91. The molecule has 1 N–H and O–H groups in total. The Morgan fingerprint density at radius 1 is 1.05 bits per heavy atom. The average Bonchev–Trinajstić information content (AvgIpc) is 3.56. The number of fused-ring (bicyclic) bond motifs is 6. The largest absolute Gasteiger partial charge is 0.355 e. The van der Waals surface area contributed by atoms with Gasteiger partial charge in [0.05, 0.1) is 5.52 Å². The van der Waals surface area contributed by atoms with Crippen molar-refractivity contribution < 1.29 is 4.79 Å². The first-order valence-electron chi connectivity index (χ1n) is 13.3.